The molecule has 1 amide bonds. The van der Waals surface area contributed by atoms with Crippen LogP contribution in [0.3, 0.4) is 0 Å². The van der Waals surface area contributed by atoms with Gasteiger partial charge in [0.25, 0.3) is 0 Å². The quantitative estimate of drug-likeness (QED) is 0.536. The zero-order valence-electron chi connectivity index (χ0n) is 17.8. The average molecular weight is 506 g/mol. The topological polar surface area (TPSA) is 61.8 Å². The Bertz CT molecular complexity index is 1140. The van der Waals surface area contributed by atoms with Crippen LogP contribution in [-0.2, 0) is 21.9 Å². The second-order valence-electron chi connectivity index (χ2n) is 7.98. The smallest absolute Gasteiger partial charge is 0.324 e. The Labute approximate surface area is 195 Å². The Hall–Kier alpha value is -3.08. The molecule has 0 aliphatic carbocycles. The number of carbonyl (C=O) groups excluding carboxylic acids is 2. The molecule has 5 nitrogen and oxygen atoms in total. The van der Waals surface area contributed by atoms with Gasteiger partial charge < -0.3 is 5.32 Å². The highest BCUT2D eigenvalue weighted by molar-refractivity contribution is 6.32. The first-order valence-corrected chi connectivity index (χ1v) is 10.2. The zero-order valence-corrected chi connectivity index (χ0v) is 18.6. The van der Waals surface area contributed by atoms with Crippen molar-refractivity contribution >= 4 is 34.7 Å². The fourth-order valence-electron chi connectivity index (χ4n) is 3.47. The van der Waals surface area contributed by atoms with E-state index in [2.05, 4.69) is 10.4 Å². The second-order valence-corrected chi connectivity index (χ2v) is 8.38. The highest BCUT2D eigenvalue weighted by Crippen LogP contribution is 2.38. The van der Waals surface area contributed by atoms with Crippen LogP contribution in [0.25, 0.3) is 0 Å². The Morgan fingerprint density at radius 3 is 2.18 bits per heavy atom. The van der Waals surface area contributed by atoms with Crippen molar-refractivity contribution in [2.45, 2.75) is 26.2 Å². The molecule has 1 N–H and O–H groups in total. The number of Topliss-reactive ketones (excluding diaryl/α,β-unsaturated/α-hetero) is 1. The molecular weight excluding hydrogens is 488 g/mol. The van der Waals surface area contributed by atoms with Crippen molar-refractivity contribution in [3.63, 3.8) is 0 Å². The fourth-order valence-corrected chi connectivity index (χ4v) is 3.76. The molecule has 2 aromatic carbocycles. The summed E-state index contributed by atoms with van der Waals surface area (Å²) in [4.78, 5) is 24.8. The van der Waals surface area contributed by atoms with Crippen molar-refractivity contribution in [3.05, 3.63) is 64.2 Å². The molecule has 0 saturated carbocycles. The van der Waals surface area contributed by atoms with Crippen molar-refractivity contribution in [2.75, 3.05) is 18.4 Å². The first kappa shape index (κ1) is 25.5. The van der Waals surface area contributed by atoms with Gasteiger partial charge in [-0.3, -0.25) is 14.6 Å². The monoisotopic (exact) mass is 505 g/mol. The summed E-state index contributed by atoms with van der Waals surface area (Å²) >= 11 is 5.81. The number of halogens is 7. The van der Waals surface area contributed by atoms with E-state index in [1.165, 1.54) is 11.9 Å². The Kier molecular flexibility index (Phi) is 6.71. The van der Waals surface area contributed by atoms with Gasteiger partial charge in [-0.1, -0.05) is 17.7 Å². The molecule has 0 radical (unpaired) electrons. The van der Waals surface area contributed by atoms with Crippen molar-refractivity contribution in [1.29, 1.82) is 0 Å². The number of ketones is 1. The molecule has 0 saturated heterocycles. The van der Waals surface area contributed by atoms with Gasteiger partial charge in [0.2, 0.25) is 5.91 Å². The van der Waals surface area contributed by atoms with Crippen LogP contribution in [0.4, 0.5) is 32.0 Å². The lowest BCUT2D eigenvalue weighted by atomic mass is 9.79. The van der Waals surface area contributed by atoms with Crippen LogP contribution in [0, 0.1) is 5.41 Å². The first-order chi connectivity index (χ1) is 15.6. The minimum Gasteiger partial charge on any atom is -0.324 e. The number of amides is 1. The maximum Gasteiger partial charge on any atom is 0.417 e. The molecule has 12 heteroatoms. The van der Waals surface area contributed by atoms with E-state index < -0.39 is 39.8 Å². The van der Waals surface area contributed by atoms with E-state index in [0.29, 0.717) is 0 Å². The Morgan fingerprint density at radius 2 is 1.68 bits per heavy atom. The van der Waals surface area contributed by atoms with Gasteiger partial charge in [-0.15, -0.1) is 0 Å². The standard InChI is InChI=1S/C22H18ClF6N3O2/c1-12(33)20(2)11-32(10-18(34)30-15-6-4-14(5-7-15)21(24,25)26)31-19(20)13-3-8-16(17(23)9-13)22(27,28)29/h3-9H,10-11H2,1-2H3,(H,30,34). The second kappa shape index (κ2) is 8.94. The maximum absolute atomic E-state index is 13.0. The number of rotatable bonds is 5. The van der Waals surface area contributed by atoms with Gasteiger partial charge >= 0.3 is 12.4 Å². The van der Waals surface area contributed by atoms with Crippen LogP contribution >= 0.6 is 11.6 Å². The third-order valence-corrected chi connectivity index (χ3v) is 5.72. The van der Waals surface area contributed by atoms with Crippen LogP contribution in [0.15, 0.2) is 47.6 Å². The predicted molar refractivity (Wildman–Crippen MR) is 113 cm³/mol. The summed E-state index contributed by atoms with van der Waals surface area (Å²) < 4.78 is 77.1. The van der Waals surface area contributed by atoms with Gasteiger partial charge in [0.05, 0.1) is 33.8 Å². The van der Waals surface area contributed by atoms with Crippen molar-refractivity contribution in [1.82, 2.24) is 5.01 Å². The number of hydrazone groups is 1. The minimum absolute atomic E-state index is 0.0310. The normalized spacial score (nSPS) is 18.6. The number of hydrogen-bond acceptors (Lipinski definition) is 4. The maximum atomic E-state index is 13.0. The molecular formula is C22H18ClF6N3O2. The van der Waals surface area contributed by atoms with Gasteiger partial charge in [-0.05, 0) is 50.2 Å². The number of nitrogens with one attached hydrogen (secondary N) is 1. The van der Waals surface area contributed by atoms with E-state index in [0.717, 1.165) is 42.5 Å². The minimum atomic E-state index is -4.65. The summed E-state index contributed by atoms with van der Waals surface area (Å²) in [6, 6.07) is 6.86. The number of hydrogen-bond donors (Lipinski definition) is 1. The third-order valence-electron chi connectivity index (χ3n) is 5.41. The molecule has 0 bridgehead atoms. The van der Waals surface area contributed by atoms with Gasteiger partial charge in [0.1, 0.15) is 12.3 Å². The van der Waals surface area contributed by atoms with Crippen LogP contribution in [0.2, 0.25) is 5.02 Å². The van der Waals surface area contributed by atoms with E-state index >= 15 is 0 Å². The lowest BCUT2D eigenvalue weighted by Gasteiger charge is -2.24. The Morgan fingerprint density at radius 1 is 1.06 bits per heavy atom. The van der Waals surface area contributed by atoms with Crippen molar-refractivity contribution < 1.29 is 35.9 Å². The fraction of sp³-hybridized carbons (Fsp3) is 0.318. The molecule has 1 heterocycles. The molecule has 0 spiro atoms. The van der Waals surface area contributed by atoms with Crippen molar-refractivity contribution in [2.24, 2.45) is 10.5 Å². The molecule has 3 rings (SSSR count). The van der Waals surface area contributed by atoms with E-state index in [9.17, 15) is 35.9 Å². The zero-order chi connectivity index (χ0) is 25.5. The first-order valence-electron chi connectivity index (χ1n) is 9.80. The summed E-state index contributed by atoms with van der Waals surface area (Å²) in [5.41, 5.74) is -2.65. The van der Waals surface area contributed by atoms with Crippen LogP contribution < -0.4 is 5.32 Å². The highest BCUT2D eigenvalue weighted by Gasteiger charge is 2.44. The summed E-state index contributed by atoms with van der Waals surface area (Å²) in [6.07, 6.45) is -9.17. The number of nitrogens with zero attached hydrogens (tertiary/aromatic N) is 2. The van der Waals surface area contributed by atoms with Gasteiger partial charge in [-0.2, -0.15) is 31.4 Å². The Balaban J connectivity index is 1.80. The average Bonchev–Trinajstić information content (AvgIpc) is 3.04. The largest absolute Gasteiger partial charge is 0.417 e. The summed E-state index contributed by atoms with van der Waals surface area (Å²) in [6.45, 7) is 2.47. The van der Waals surface area contributed by atoms with E-state index in [1.54, 1.807) is 6.92 Å². The molecule has 1 unspecified atom stereocenters. The van der Waals surface area contributed by atoms with Crippen molar-refractivity contribution in [3.8, 4) is 0 Å². The highest BCUT2D eigenvalue weighted by atomic mass is 35.5. The van der Waals surface area contributed by atoms with Crippen LogP contribution in [0.1, 0.15) is 30.5 Å². The summed E-state index contributed by atoms with van der Waals surface area (Å²) in [7, 11) is 0. The number of benzene rings is 2. The lowest BCUT2D eigenvalue weighted by Crippen LogP contribution is -2.39. The molecule has 182 valence electrons. The summed E-state index contributed by atoms with van der Waals surface area (Å²) in [5.74, 6) is -0.936. The summed E-state index contributed by atoms with van der Waals surface area (Å²) in [5, 5.41) is 7.42. The molecule has 34 heavy (non-hydrogen) atoms. The third kappa shape index (κ3) is 5.35. The molecule has 2 aromatic rings. The molecule has 1 aliphatic rings. The molecule has 1 atom stereocenters. The van der Waals surface area contributed by atoms with Gasteiger partial charge in [0.15, 0.2) is 0 Å². The van der Waals surface area contributed by atoms with Gasteiger partial charge in [0, 0.05) is 11.3 Å². The number of anilines is 1. The predicted octanol–water partition coefficient (Wildman–Crippen LogP) is 5.63. The molecule has 1 aliphatic heterocycles. The number of alkyl halides is 6. The van der Waals surface area contributed by atoms with E-state index in [4.69, 9.17) is 11.6 Å². The SMILES string of the molecule is CC(=O)C1(C)CN(CC(=O)Nc2ccc(C(F)(F)F)cc2)N=C1c1ccc(C(F)(F)F)c(Cl)c1. The molecule has 0 fully saturated rings. The van der Waals surface area contributed by atoms with Gasteiger partial charge in [-0.25, -0.2) is 0 Å². The van der Waals surface area contributed by atoms with E-state index in [-0.39, 0.29) is 35.8 Å². The number of carbonyl (C=O) groups is 2. The molecule has 0 aromatic heterocycles. The lowest BCUT2D eigenvalue weighted by molar-refractivity contribution is -0.138. The van der Waals surface area contributed by atoms with Crippen LogP contribution in [-0.4, -0.2) is 35.5 Å². The van der Waals surface area contributed by atoms with Crippen LogP contribution in [0.5, 0.6) is 0 Å². The van der Waals surface area contributed by atoms with E-state index in [1.807, 2.05) is 0 Å².